The Balaban J connectivity index is 1.60. The Morgan fingerprint density at radius 1 is 1.13 bits per heavy atom. The number of ether oxygens (including phenoxy) is 2. The maximum atomic E-state index is 14.2. The molecule has 0 radical (unpaired) electrons. The van der Waals surface area contributed by atoms with Crippen molar-refractivity contribution < 1.29 is 32.2 Å². The summed E-state index contributed by atoms with van der Waals surface area (Å²) >= 11 is 6.22. The molecule has 2 heterocycles. The highest BCUT2D eigenvalue weighted by Gasteiger charge is 2.45. The molecule has 0 aromatic heterocycles. The number of carbonyl (C=O) groups is 1. The molecule has 5 rings (SSSR count). The summed E-state index contributed by atoms with van der Waals surface area (Å²) in [5, 5.41) is 10.0. The average Bonchev–Trinajstić information content (AvgIpc) is 2.90. The highest BCUT2D eigenvalue weighted by Crippen LogP contribution is 2.44. The Hall–Kier alpha value is -3.14. The van der Waals surface area contributed by atoms with Gasteiger partial charge in [-0.05, 0) is 61.2 Å². The number of benzene rings is 3. The first-order valence-corrected chi connectivity index (χ1v) is 14.1. The fourth-order valence-electron chi connectivity index (χ4n) is 5.15. The van der Waals surface area contributed by atoms with E-state index in [9.17, 15) is 22.7 Å². The monoisotopic (exact) mass is 559 g/mol. The fourth-order valence-corrected chi connectivity index (χ4v) is 6.99. The van der Waals surface area contributed by atoms with Crippen molar-refractivity contribution in [2.45, 2.75) is 37.2 Å². The van der Waals surface area contributed by atoms with E-state index < -0.39 is 33.3 Å². The van der Waals surface area contributed by atoms with Crippen LogP contribution in [0.1, 0.15) is 24.8 Å². The van der Waals surface area contributed by atoms with E-state index in [4.69, 9.17) is 21.1 Å². The number of aryl methyl sites for hydroxylation is 1. The lowest BCUT2D eigenvalue weighted by Gasteiger charge is -2.40. The van der Waals surface area contributed by atoms with Crippen LogP contribution in [0.15, 0.2) is 65.6 Å². The van der Waals surface area contributed by atoms with Crippen molar-refractivity contribution in [3.63, 3.8) is 0 Å². The third kappa shape index (κ3) is 4.86. The van der Waals surface area contributed by atoms with Gasteiger partial charge in [-0.3, -0.25) is 9.10 Å². The summed E-state index contributed by atoms with van der Waals surface area (Å²) in [6.45, 7) is 2.36. The number of hydrogen-bond donors (Lipinski definition) is 1. The van der Waals surface area contributed by atoms with Crippen LogP contribution >= 0.6 is 11.6 Å². The number of halogens is 2. The molecule has 1 N–H and O–H groups in total. The molecule has 3 aromatic carbocycles. The lowest BCUT2D eigenvalue weighted by atomic mass is 9.75. The molecule has 3 aromatic rings. The van der Waals surface area contributed by atoms with Crippen molar-refractivity contribution in [2.24, 2.45) is 5.41 Å². The molecule has 0 unspecified atom stereocenters. The van der Waals surface area contributed by atoms with Crippen LogP contribution in [0.3, 0.4) is 0 Å². The van der Waals surface area contributed by atoms with Gasteiger partial charge in [0, 0.05) is 25.2 Å². The zero-order chi connectivity index (χ0) is 27.1. The minimum absolute atomic E-state index is 0.0712. The third-order valence-corrected chi connectivity index (χ3v) is 9.41. The summed E-state index contributed by atoms with van der Waals surface area (Å²) in [4.78, 5) is 12.4. The van der Waals surface area contributed by atoms with Crippen LogP contribution in [0, 0.1) is 18.2 Å². The molecule has 0 saturated carbocycles. The number of hydrogen-bond acceptors (Lipinski definition) is 5. The van der Waals surface area contributed by atoms with Gasteiger partial charge in [0.2, 0.25) is 0 Å². The first-order valence-electron chi connectivity index (χ1n) is 12.3. The van der Waals surface area contributed by atoms with Crippen LogP contribution in [0.25, 0.3) is 11.1 Å². The number of carboxylic acids is 1. The lowest BCUT2D eigenvalue weighted by Crippen LogP contribution is -2.48. The maximum Gasteiger partial charge on any atom is 0.309 e. The van der Waals surface area contributed by atoms with Crippen LogP contribution in [0.5, 0.6) is 5.75 Å². The van der Waals surface area contributed by atoms with E-state index in [-0.39, 0.29) is 28.6 Å². The van der Waals surface area contributed by atoms with Gasteiger partial charge < -0.3 is 14.6 Å². The summed E-state index contributed by atoms with van der Waals surface area (Å²) in [6, 6.07) is 15.9. The largest absolute Gasteiger partial charge is 0.486 e. The molecule has 38 heavy (non-hydrogen) atoms. The normalized spacial score (nSPS) is 18.9. The summed E-state index contributed by atoms with van der Waals surface area (Å²) < 4.78 is 55.0. The summed E-state index contributed by atoms with van der Waals surface area (Å²) in [7, 11) is -4.05. The molecule has 1 saturated heterocycles. The summed E-state index contributed by atoms with van der Waals surface area (Å²) in [5.41, 5.74) is 0.914. The van der Waals surface area contributed by atoms with Gasteiger partial charge in [0.25, 0.3) is 10.0 Å². The Kier molecular flexibility index (Phi) is 7.11. The van der Waals surface area contributed by atoms with E-state index in [1.165, 1.54) is 22.5 Å². The minimum Gasteiger partial charge on any atom is -0.486 e. The number of anilines is 1. The molecule has 1 fully saturated rings. The standard InChI is InChI=1S/C28H27ClFNO6S/c1-18-4-2-5-21(14-18)38(34,35)31-17-20(16-28(27(32)33)10-12-36-13-11-28)37-25-9-8-19(15-24(25)31)22-6-3-7-23(30)26(22)29/h2-9,14-15,20H,10-13,16-17H2,1H3,(H,32,33)/t20-/m0/s1. The van der Waals surface area contributed by atoms with Gasteiger partial charge in [-0.1, -0.05) is 41.9 Å². The summed E-state index contributed by atoms with van der Waals surface area (Å²) in [6.07, 6.45) is 0.0513. The lowest BCUT2D eigenvalue weighted by molar-refractivity contribution is -0.157. The molecular formula is C28H27ClFNO6S. The second-order valence-corrected chi connectivity index (χ2v) is 12.0. The van der Waals surface area contributed by atoms with Crippen molar-refractivity contribution in [3.05, 3.63) is 77.1 Å². The molecule has 0 amide bonds. The van der Waals surface area contributed by atoms with Crippen LogP contribution < -0.4 is 9.04 Å². The molecule has 200 valence electrons. The first-order chi connectivity index (χ1) is 18.1. The van der Waals surface area contributed by atoms with Crippen molar-refractivity contribution in [1.82, 2.24) is 0 Å². The number of nitrogens with zero attached hydrogens (tertiary/aromatic N) is 1. The van der Waals surface area contributed by atoms with Gasteiger partial charge in [-0.15, -0.1) is 0 Å². The SMILES string of the molecule is Cc1cccc(S(=O)(=O)N2C[C@H](CC3(C(=O)O)CCOCC3)Oc3ccc(-c4cccc(F)c4Cl)cc32)c1. The number of aliphatic carboxylic acids is 1. The van der Waals surface area contributed by atoms with Crippen molar-refractivity contribution in [1.29, 1.82) is 0 Å². The van der Waals surface area contributed by atoms with Gasteiger partial charge in [0.1, 0.15) is 17.7 Å². The predicted octanol–water partition coefficient (Wildman–Crippen LogP) is 5.68. The molecule has 0 spiro atoms. The van der Waals surface area contributed by atoms with Crippen LogP contribution in [-0.4, -0.2) is 45.4 Å². The zero-order valence-corrected chi connectivity index (χ0v) is 22.3. The van der Waals surface area contributed by atoms with Crippen molar-refractivity contribution in [3.8, 4) is 16.9 Å². The Bertz CT molecular complexity index is 1490. The molecular weight excluding hydrogens is 533 g/mol. The molecule has 1 atom stereocenters. The van der Waals surface area contributed by atoms with Crippen LogP contribution in [0.4, 0.5) is 10.1 Å². The van der Waals surface area contributed by atoms with Gasteiger partial charge >= 0.3 is 5.97 Å². The van der Waals surface area contributed by atoms with Crippen LogP contribution in [0.2, 0.25) is 5.02 Å². The number of rotatable bonds is 6. The zero-order valence-electron chi connectivity index (χ0n) is 20.7. The van der Waals surface area contributed by atoms with Gasteiger partial charge in [-0.2, -0.15) is 0 Å². The smallest absolute Gasteiger partial charge is 0.309 e. The average molecular weight is 560 g/mol. The van der Waals surface area contributed by atoms with Crippen molar-refractivity contribution >= 4 is 33.3 Å². The van der Waals surface area contributed by atoms with Gasteiger partial charge in [-0.25, -0.2) is 12.8 Å². The van der Waals surface area contributed by atoms with Gasteiger partial charge in [0.05, 0.1) is 27.6 Å². The molecule has 0 bridgehead atoms. The van der Waals surface area contributed by atoms with Gasteiger partial charge in [0.15, 0.2) is 0 Å². The van der Waals surface area contributed by atoms with E-state index in [1.54, 1.807) is 49.4 Å². The highest BCUT2D eigenvalue weighted by atomic mass is 35.5. The molecule has 2 aliphatic rings. The Labute approximate surface area is 225 Å². The number of carboxylic acid groups (broad SMARTS) is 1. The van der Waals surface area contributed by atoms with E-state index >= 15 is 0 Å². The maximum absolute atomic E-state index is 14.2. The Morgan fingerprint density at radius 2 is 1.87 bits per heavy atom. The third-order valence-electron chi connectivity index (χ3n) is 7.25. The number of fused-ring (bicyclic) bond motifs is 1. The first kappa shape index (κ1) is 26.5. The topological polar surface area (TPSA) is 93.1 Å². The highest BCUT2D eigenvalue weighted by molar-refractivity contribution is 7.92. The number of sulfonamides is 1. The molecule has 2 aliphatic heterocycles. The molecule has 7 nitrogen and oxygen atoms in total. The second-order valence-electron chi connectivity index (χ2n) is 9.78. The predicted molar refractivity (Wildman–Crippen MR) is 142 cm³/mol. The fraction of sp³-hybridized carbons (Fsp3) is 0.321. The Morgan fingerprint density at radius 3 is 2.58 bits per heavy atom. The van der Waals surface area contributed by atoms with Crippen molar-refractivity contribution in [2.75, 3.05) is 24.1 Å². The van der Waals surface area contributed by atoms with E-state index in [2.05, 4.69) is 0 Å². The summed E-state index contributed by atoms with van der Waals surface area (Å²) in [5.74, 6) is -1.24. The van der Waals surface area contributed by atoms with E-state index in [1.807, 2.05) is 0 Å². The van der Waals surface area contributed by atoms with Crippen LogP contribution in [-0.2, 0) is 19.6 Å². The minimum atomic E-state index is -4.05. The van der Waals surface area contributed by atoms with E-state index in [0.29, 0.717) is 42.9 Å². The quantitative estimate of drug-likeness (QED) is 0.417. The molecule has 0 aliphatic carbocycles. The second kappa shape index (κ2) is 10.2. The van der Waals surface area contributed by atoms with E-state index in [0.717, 1.165) is 5.56 Å². The molecule has 10 heteroatoms.